The summed E-state index contributed by atoms with van der Waals surface area (Å²) in [5, 5.41) is 5.24. The zero-order valence-corrected chi connectivity index (χ0v) is 13.3. The topological polar surface area (TPSA) is 15.3 Å². The van der Waals surface area contributed by atoms with Crippen LogP contribution in [-0.2, 0) is 0 Å². The van der Waals surface area contributed by atoms with Gasteiger partial charge in [-0.1, -0.05) is 30.1 Å². The summed E-state index contributed by atoms with van der Waals surface area (Å²) in [4.78, 5) is 2.29. The van der Waals surface area contributed by atoms with Crippen molar-refractivity contribution < 1.29 is 0 Å². The van der Waals surface area contributed by atoms with Crippen molar-refractivity contribution in [3.63, 3.8) is 0 Å². The Morgan fingerprint density at radius 2 is 2.00 bits per heavy atom. The van der Waals surface area contributed by atoms with Crippen LogP contribution in [0, 0.1) is 0 Å². The number of rotatable bonds is 2. The number of benzene rings is 1. The van der Waals surface area contributed by atoms with Crippen LogP contribution in [-0.4, -0.2) is 22.6 Å². The van der Waals surface area contributed by atoms with Crippen molar-refractivity contribution in [1.29, 1.82) is 0 Å². The third kappa shape index (κ3) is 3.98. The summed E-state index contributed by atoms with van der Waals surface area (Å²) < 4.78 is 0. The molecule has 1 atom stereocenters. The summed E-state index contributed by atoms with van der Waals surface area (Å²) in [5.41, 5.74) is 0.850. The van der Waals surface area contributed by atoms with Gasteiger partial charge < -0.3 is 10.2 Å². The van der Waals surface area contributed by atoms with Crippen LogP contribution in [0.1, 0.15) is 32.6 Å². The van der Waals surface area contributed by atoms with E-state index in [1.165, 1.54) is 19.3 Å². The highest BCUT2D eigenvalue weighted by Crippen LogP contribution is 2.24. The van der Waals surface area contributed by atoms with E-state index in [0.29, 0.717) is 16.1 Å². The van der Waals surface area contributed by atoms with Gasteiger partial charge >= 0.3 is 0 Å². The maximum Gasteiger partial charge on any atom is 0.173 e. The SMILES string of the molecule is CCC1CCCCN1C(=S)Nc1cc(Cl)cc(Cl)c1. The van der Waals surface area contributed by atoms with Crippen LogP contribution in [0.3, 0.4) is 0 Å². The van der Waals surface area contributed by atoms with Crippen LogP contribution >= 0.6 is 35.4 Å². The standard InChI is InChI=1S/C14H18Cl2N2S/c1-2-13-5-3-4-6-18(13)14(19)17-12-8-10(15)7-11(16)9-12/h7-9,13H,2-6H2,1H3,(H,17,19). The molecule has 19 heavy (non-hydrogen) atoms. The normalized spacial score (nSPS) is 19.3. The van der Waals surface area contributed by atoms with Crippen molar-refractivity contribution in [2.45, 2.75) is 38.6 Å². The Bertz CT molecular complexity index is 445. The molecule has 1 saturated heterocycles. The number of nitrogens with one attached hydrogen (secondary N) is 1. The van der Waals surface area contributed by atoms with E-state index < -0.39 is 0 Å². The molecule has 2 rings (SSSR count). The van der Waals surface area contributed by atoms with Crippen LogP contribution in [0.5, 0.6) is 0 Å². The van der Waals surface area contributed by atoms with Gasteiger partial charge in [-0.15, -0.1) is 0 Å². The summed E-state index contributed by atoms with van der Waals surface area (Å²) in [6.45, 7) is 3.24. The van der Waals surface area contributed by atoms with Gasteiger partial charge in [0.15, 0.2) is 5.11 Å². The fourth-order valence-electron chi connectivity index (χ4n) is 2.51. The molecule has 1 unspecified atom stereocenters. The minimum absolute atomic E-state index is 0.545. The average molecular weight is 317 g/mol. The highest BCUT2D eigenvalue weighted by atomic mass is 35.5. The maximum atomic E-state index is 5.99. The molecule has 1 aliphatic rings. The Labute approximate surface area is 130 Å². The van der Waals surface area contributed by atoms with Gasteiger partial charge in [-0.25, -0.2) is 0 Å². The molecule has 5 heteroatoms. The van der Waals surface area contributed by atoms with Gasteiger partial charge in [-0.3, -0.25) is 0 Å². The van der Waals surface area contributed by atoms with Crippen LogP contribution in [0.4, 0.5) is 5.69 Å². The van der Waals surface area contributed by atoms with Gasteiger partial charge in [0.2, 0.25) is 0 Å². The van der Waals surface area contributed by atoms with Gasteiger partial charge in [0.1, 0.15) is 0 Å². The number of anilines is 1. The molecule has 0 saturated carbocycles. The second-order valence-electron chi connectivity index (χ2n) is 4.84. The molecule has 1 aliphatic heterocycles. The number of nitrogens with zero attached hydrogens (tertiary/aromatic N) is 1. The third-order valence-corrected chi connectivity index (χ3v) is 4.25. The van der Waals surface area contributed by atoms with E-state index in [4.69, 9.17) is 35.4 Å². The zero-order chi connectivity index (χ0) is 13.8. The molecular weight excluding hydrogens is 299 g/mol. The molecule has 1 N–H and O–H groups in total. The first-order valence-corrected chi connectivity index (χ1v) is 7.80. The van der Waals surface area contributed by atoms with Gasteiger partial charge in [-0.05, 0) is 56.1 Å². The molecule has 1 aromatic rings. The number of hydrogen-bond donors (Lipinski definition) is 1. The molecule has 0 amide bonds. The lowest BCUT2D eigenvalue weighted by atomic mass is 10.0. The molecule has 0 bridgehead atoms. The summed E-state index contributed by atoms with van der Waals surface area (Å²) in [5.74, 6) is 0. The van der Waals surface area contributed by atoms with Crippen molar-refractivity contribution in [1.82, 2.24) is 4.90 Å². The first-order chi connectivity index (χ1) is 9.10. The Morgan fingerprint density at radius 3 is 2.63 bits per heavy atom. The quantitative estimate of drug-likeness (QED) is 0.777. The third-order valence-electron chi connectivity index (χ3n) is 3.47. The number of thiocarbonyl (C=S) groups is 1. The first kappa shape index (κ1) is 14.9. The molecule has 1 heterocycles. The monoisotopic (exact) mass is 316 g/mol. The smallest absolute Gasteiger partial charge is 0.173 e. The van der Waals surface area contributed by atoms with E-state index in [0.717, 1.165) is 23.8 Å². The minimum atomic E-state index is 0.545. The average Bonchev–Trinajstić information content (AvgIpc) is 2.37. The molecule has 0 spiro atoms. The Kier molecular flexibility index (Phi) is 5.31. The summed E-state index contributed by atoms with van der Waals surface area (Å²) in [6, 6.07) is 5.94. The highest BCUT2D eigenvalue weighted by molar-refractivity contribution is 7.80. The van der Waals surface area contributed by atoms with Crippen LogP contribution in [0.25, 0.3) is 0 Å². The van der Waals surface area contributed by atoms with Gasteiger partial charge in [-0.2, -0.15) is 0 Å². The van der Waals surface area contributed by atoms with Gasteiger partial charge in [0, 0.05) is 28.3 Å². The zero-order valence-electron chi connectivity index (χ0n) is 11.0. The minimum Gasteiger partial charge on any atom is -0.346 e. The Hall–Kier alpha value is -0.510. The van der Waals surface area contributed by atoms with Crippen molar-refractivity contribution >= 4 is 46.2 Å². The first-order valence-electron chi connectivity index (χ1n) is 6.64. The molecule has 0 aliphatic carbocycles. The fraction of sp³-hybridized carbons (Fsp3) is 0.500. The molecule has 0 radical (unpaired) electrons. The Balaban J connectivity index is 2.07. The van der Waals surface area contributed by atoms with Crippen molar-refractivity contribution in [2.24, 2.45) is 0 Å². The van der Waals surface area contributed by atoms with E-state index in [1.807, 2.05) is 12.1 Å². The summed E-state index contributed by atoms with van der Waals surface area (Å²) >= 11 is 17.5. The van der Waals surface area contributed by atoms with E-state index >= 15 is 0 Å². The van der Waals surface area contributed by atoms with E-state index in [2.05, 4.69) is 17.1 Å². The van der Waals surface area contributed by atoms with E-state index in [-0.39, 0.29) is 0 Å². The van der Waals surface area contributed by atoms with Crippen LogP contribution in [0.15, 0.2) is 18.2 Å². The number of halogens is 2. The van der Waals surface area contributed by atoms with Crippen molar-refractivity contribution in [3.8, 4) is 0 Å². The van der Waals surface area contributed by atoms with Gasteiger partial charge in [0.25, 0.3) is 0 Å². The Morgan fingerprint density at radius 1 is 1.32 bits per heavy atom. The predicted octanol–water partition coefficient (Wildman–Crippen LogP) is 4.95. The number of piperidine rings is 1. The van der Waals surface area contributed by atoms with Crippen molar-refractivity contribution in [2.75, 3.05) is 11.9 Å². The molecule has 2 nitrogen and oxygen atoms in total. The predicted molar refractivity (Wildman–Crippen MR) is 87.3 cm³/mol. The maximum absolute atomic E-state index is 5.99. The molecule has 104 valence electrons. The number of likely N-dealkylation sites (tertiary alicyclic amines) is 1. The van der Waals surface area contributed by atoms with E-state index in [9.17, 15) is 0 Å². The lowest BCUT2D eigenvalue weighted by Crippen LogP contribution is -2.45. The molecule has 1 fully saturated rings. The summed E-state index contributed by atoms with van der Waals surface area (Å²) in [6.07, 6.45) is 4.84. The van der Waals surface area contributed by atoms with E-state index in [1.54, 1.807) is 6.07 Å². The van der Waals surface area contributed by atoms with Crippen LogP contribution in [0.2, 0.25) is 10.0 Å². The lowest BCUT2D eigenvalue weighted by molar-refractivity contribution is 0.239. The highest BCUT2D eigenvalue weighted by Gasteiger charge is 2.22. The molecule has 1 aromatic carbocycles. The largest absolute Gasteiger partial charge is 0.346 e. The second-order valence-corrected chi connectivity index (χ2v) is 6.10. The van der Waals surface area contributed by atoms with Crippen LogP contribution < -0.4 is 5.32 Å². The lowest BCUT2D eigenvalue weighted by Gasteiger charge is -2.37. The molecular formula is C14H18Cl2N2S. The molecule has 0 aromatic heterocycles. The van der Waals surface area contributed by atoms with Crippen molar-refractivity contribution in [3.05, 3.63) is 28.2 Å². The summed E-state index contributed by atoms with van der Waals surface area (Å²) in [7, 11) is 0. The second kappa shape index (κ2) is 6.78. The number of hydrogen-bond acceptors (Lipinski definition) is 1. The van der Waals surface area contributed by atoms with Gasteiger partial charge in [0.05, 0.1) is 0 Å². The fourth-order valence-corrected chi connectivity index (χ4v) is 3.40.